The summed E-state index contributed by atoms with van der Waals surface area (Å²) in [4.78, 5) is 0. The van der Waals surface area contributed by atoms with Crippen molar-refractivity contribution in [3.05, 3.63) is 0 Å². The van der Waals surface area contributed by atoms with E-state index in [0.717, 1.165) is 25.7 Å². The van der Waals surface area contributed by atoms with Crippen LogP contribution in [0.4, 0.5) is 0 Å². The maximum atomic E-state index is 12.1. The fourth-order valence-electron chi connectivity index (χ4n) is 10.2. The molecule has 12 nitrogen and oxygen atoms in total. The van der Waals surface area contributed by atoms with E-state index >= 15 is 0 Å². The summed E-state index contributed by atoms with van der Waals surface area (Å²) in [6.45, 7) is 8.29. The molecule has 0 amide bonds. The van der Waals surface area contributed by atoms with E-state index in [2.05, 4.69) is 25.0 Å². The second-order valence-electron chi connectivity index (χ2n) is 13.4. The van der Waals surface area contributed by atoms with E-state index in [9.17, 15) is 38.9 Å². The molecule has 4 saturated carbocycles. The fraction of sp³-hybridized carbons (Fsp3) is 1.00. The third-order valence-corrected chi connectivity index (χ3v) is 13.0. The first kappa shape index (κ1) is 44.6. The summed E-state index contributed by atoms with van der Waals surface area (Å²) in [6, 6.07) is 0. The normalized spacial score (nSPS) is 39.3. The van der Waals surface area contributed by atoms with Gasteiger partial charge in [0.05, 0.1) is 18.8 Å². The number of rotatable bonds is 11. The molecule has 4 aliphatic carbocycles. The molecule has 18 heteroatoms. The van der Waals surface area contributed by atoms with Gasteiger partial charge >= 0.3 is 88.7 Å². The Kier molecular flexibility index (Phi) is 17.0. The molecular weight excluding hydrogens is 669 g/mol. The van der Waals surface area contributed by atoms with Crippen LogP contribution in [0.25, 0.3) is 0 Å². The number of fused-ring (bicyclic) bond motifs is 5. The van der Waals surface area contributed by atoms with E-state index in [1.54, 1.807) is 0 Å². The summed E-state index contributed by atoms with van der Waals surface area (Å²) in [7, 11) is -14.7. The second kappa shape index (κ2) is 16.8. The SMILES string of the molecule is CC[C@H]1[C@@H](OS(=O)(=O)[O-])[C@@H]2[C@H](CC[C@]3(C)[C@@H]([C@H](C)CCCOS(=O)(=O)[O-])CC[C@@H]23)[C@@]2(C)CC[C@@H](OS(=O)(=O)[O-])C[C@@H]12.[Na+].[Na+].[Na+]. The topological polar surface area (TPSA) is 199 Å². The second-order valence-corrected chi connectivity index (χ2v) is 16.5. The van der Waals surface area contributed by atoms with Gasteiger partial charge in [-0.15, -0.1) is 0 Å². The molecule has 0 radical (unpaired) electrons. The van der Waals surface area contributed by atoms with Crippen LogP contribution in [-0.2, 0) is 43.7 Å². The van der Waals surface area contributed by atoms with Gasteiger partial charge in [-0.05, 0) is 110 Å². The Hall–Kier alpha value is 2.61. The minimum absolute atomic E-state index is 0. The molecule has 44 heavy (non-hydrogen) atoms. The van der Waals surface area contributed by atoms with Crippen LogP contribution in [-0.4, -0.2) is 57.7 Å². The molecule has 0 N–H and O–H groups in total. The molecule has 0 aromatic rings. The largest absolute Gasteiger partial charge is 1.00 e. The van der Waals surface area contributed by atoms with Crippen molar-refractivity contribution in [1.29, 1.82) is 0 Å². The Morgan fingerprint density at radius 2 is 1.34 bits per heavy atom. The first-order valence-electron chi connectivity index (χ1n) is 14.7. The first-order chi connectivity index (χ1) is 18.8. The van der Waals surface area contributed by atoms with Gasteiger partial charge < -0.3 is 13.7 Å². The van der Waals surface area contributed by atoms with Gasteiger partial charge in [0.1, 0.15) is 0 Å². The molecule has 0 spiro atoms. The van der Waals surface area contributed by atoms with Crippen LogP contribution in [0.15, 0.2) is 0 Å². The molecule has 0 aromatic heterocycles. The third kappa shape index (κ3) is 10.1. The van der Waals surface area contributed by atoms with E-state index in [4.69, 9.17) is 8.37 Å². The van der Waals surface area contributed by atoms with E-state index in [1.807, 2.05) is 6.92 Å². The molecule has 11 atom stereocenters. The van der Waals surface area contributed by atoms with E-state index in [0.29, 0.717) is 32.1 Å². The van der Waals surface area contributed by atoms with Crippen LogP contribution in [0.5, 0.6) is 0 Å². The molecule has 4 rings (SSSR count). The molecule has 0 bridgehead atoms. The average molecular weight is 713 g/mol. The zero-order valence-electron chi connectivity index (χ0n) is 27.1. The van der Waals surface area contributed by atoms with Crippen LogP contribution >= 0.6 is 0 Å². The zero-order valence-corrected chi connectivity index (χ0v) is 35.5. The van der Waals surface area contributed by atoms with Gasteiger partial charge in [-0.3, -0.25) is 12.5 Å². The van der Waals surface area contributed by atoms with Crippen molar-refractivity contribution in [3.8, 4) is 0 Å². The first-order valence-corrected chi connectivity index (χ1v) is 18.7. The summed E-state index contributed by atoms with van der Waals surface area (Å²) in [5, 5.41) is 0. The smallest absolute Gasteiger partial charge is 0.726 e. The van der Waals surface area contributed by atoms with Gasteiger partial charge in [0, 0.05) is 0 Å². The minimum atomic E-state index is -5.04. The Morgan fingerprint density at radius 3 is 1.89 bits per heavy atom. The summed E-state index contributed by atoms with van der Waals surface area (Å²) in [6.07, 6.45) is 4.70. The van der Waals surface area contributed by atoms with Gasteiger partial charge in [0.25, 0.3) is 0 Å². The van der Waals surface area contributed by atoms with Gasteiger partial charge in [-0.25, -0.2) is 25.3 Å². The molecule has 0 unspecified atom stereocenters. The van der Waals surface area contributed by atoms with E-state index < -0.39 is 43.4 Å². The summed E-state index contributed by atoms with van der Waals surface area (Å²) >= 11 is 0. The molecule has 4 aliphatic rings. The fourth-order valence-corrected chi connectivity index (χ4v) is 11.5. The minimum Gasteiger partial charge on any atom is -0.726 e. The standard InChI is InChI=1S/C26H46O12S3.3Na/c1-5-18-22-15-17(37-40(30,31)32)10-12-26(22,4)21-11-13-25(3)19(16(2)7-6-14-36-39(27,28)29)8-9-20(25)23(21)24(18)38-41(33,34)35;;;/h16-24H,5-15H2,1-4H3,(H,27,28,29)(H,30,31,32)(H,33,34,35);;;/q;3*+1/p-3/t16-,17-,18-,19-,20+,21+,22+,23+,24-,25-,26-;;;/m1.../s1. The van der Waals surface area contributed by atoms with Crippen LogP contribution in [0.2, 0.25) is 0 Å². The Morgan fingerprint density at radius 1 is 0.773 bits per heavy atom. The van der Waals surface area contributed by atoms with Crippen molar-refractivity contribution in [2.24, 2.45) is 52.3 Å². The van der Waals surface area contributed by atoms with Crippen LogP contribution in [0.3, 0.4) is 0 Å². The van der Waals surface area contributed by atoms with Gasteiger partial charge in [0.2, 0.25) is 31.2 Å². The molecule has 0 saturated heterocycles. The zero-order chi connectivity index (χ0) is 30.6. The van der Waals surface area contributed by atoms with Crippen molar-refractivity contribution in [3.63, 3.8) is 0 Å². The van der Waals surface area contributed by atoms with E-state index in [1.165, 1.54) is 0 Å². The average Bonchev–Trinajstić information content (AvgIpc) is 3.17. The summed E-state index contributed by atoms with van der Waals surface area (Å²) < 4.78 is 117. The molecule has 240 valence electrons. The Labute approximate surface area is 330 Å². The molecule has 0 aromatic carbocycles. The van der Waals surface area contributed by atoms with Crippen LogP contribution < -0.4 is 88.7 Å². The quantitative estimate of drug-likeness (QED) is 0.0854. The van der Waals surface area contributed by atoms with Gasteiger partial charge in [-0.1, -0.05) is 34.1 Å². The van der Waals surface area contributed by atoms with Gasteiger partial charge in [0.15, 0.2) is 0 Å². The number of hydrogen-bond donors (Lipinski definition) is 0. The van der Waals surface area contributed by atoms with Crippen molar-refractivity contribution >= 4 is 31.2 Å². The number of hydrogen-bond acceptors (Lipinski definition) is 12. The van der Waals surface area contributed by atoms with Crippen molar-refractivity contribution < 1.29 is 140 Å². The molecule has 0 heterocycles. The van der Waals surface area contributed by atoms with E-state index in [-0.39, 0.29) is 154 Å². The molecule has 4 fully saturated rings. The van der Waals surface area contributed by atoms with Gasteiger partial charge in [-0.2, -0.15) is 0 Å². The van der Waals surface area contributed by atoms with Crippen molar-refractivity contribution in [2.45, 2.75) is 104 Å². The Balaban J connectivity index is 0.00000323. The summed E-state index contributed by atoms with van der Waals surface area (Å²) in [5.41, 5.74) is -0.421. The molecular formula is C26H43Na3O12S3. The monoisotopic (exact) mass is 712 g/mol. The maximum absolute atomic E-state index is 12.1. The van der Waals surface area contributed by atoms with Crippen LogP contribution in [0.1, 0.15) is 91.9 Å². The maximum Gasteiger partial charge on any atom is 1.00 e. The Bertz CT molecular complexity index is 1280. The third-order valence-electron chi connectivity index (χ3n) is 11.6. The summed E-state index contributed by atoms with van der Waals surface area (Å²) in [5.74, 6) is -0.0716. The van der Waals surface area contributed by atoms with Crippen molar-refractivity contribution in [1.82, 2.24) is 0 Å². The predicted octanol–water partition coefficient (Wildman–Crippen LogP) is -5.51. The molecule has 0 aliphatic heterocycles. The van der Waals surface area contributed by atoms with Crippen LogP contribution in [0, 0.1) is 52.3 Å². The predicted molar refractivity (Wildman–Crippen MR) is 143 cm³/mol. The van der Waals surface area contributed by atoms with Crippen molar-refractivity contribution in [2.75, 3.05) is 6.61 Å².